The molecule has 0 saturated heterocycles. The number of benzene rings is 2. The highest BCUT2D eigenvalue weighted by molar-refractivity contribution is 5.69. The van der Waals surface area contributed by atoms with Gasteiger partial charge in [0.25, 0.3) is 0 Å². The van der Waals surface area contributed by atoms with Crippen molar-refractivity contribution < 1.29 is 9.53 Å². The fourth-order valence-corrected chi connectivity index (χ4v) is 3.26. The lowest BCUT2D eigenvalue weighted by molar-refractivity contribution is -0.140. The molecule has 0 amide bonds. The number of unbranched alkanes of at least 4 members (excludes halogenated alkanes) is 1. The van der Waals surface area contributed by atoms with Crippen molar-refractivity contribution in [2.24, 2.45) is 0 Å². The van der Waals surface area contributed by atoms with Crippen molar-refractivity contribution in [3.05, 3.63) is 71.3 Å². The van der Waals surface area contributed by atoms with Crippen LogP contribution in [0.15, 0.2) is 54.6 Å². The van der Waals surface area contributed by atoms with Crippen molar-refractivity contribution in [1.82, 2.24) is 0 Å². The van der Waals surface area contributed by atoms with E-state index in [0.717, 1.165) is 25.7 Å². The van der Waals surface area contributed by atoms with Gasteiger partial charge in [0.1, 0.15) is 0 Å². The van der Waals surface area contributed by atoms with Crippen molar-refractivity contribution >= 4 is 5.97 Å². The molecule has 2 rings (SSSR count). The maximum atomic E-state index is 11.3. The average molecular weight is 338 g/mol. The second-order valence-corrected chi connectivity index (χ2v) is 6.65. The summed E-state index contributed by atoms with van der Waals surface area (Å²) in [6, 6.07) is 19.7. The summed E-state index contributed by atoms with van der Waals surface area (Å²) < 4.78 is 4.75. The van der Waals surface area contributed by atoms with Crippen LogP contribution in [0.25, 0.3) is 0 Å². The molecule has 0 aliphatic heterocycles. The first-order valence-corrected chi connectivity index (χ1v) is 9.42. The Hall–Kier alpha value is -2.09. The minimum atomic E-state index is -0.117. The summed E-state index contributed by atoms with van der Waals surface area (Å²) in [7, 11) is 1.45. The van der Waals surface area contributed by atoms with Crippen molar-refractivity contribution in [3.63, 3.8) is 0 Å². The first-order chi connectivity index (χ1) is 12.2. The van der Waals surface area contributed by atoms with Crippen LogP contribution < -0.4 is 0 Å². The Morgan fingerprint density at radius 1 is 0.920 bits per heavy atom. The third kappa shape index (κ3) is 6.74. The first-order valence-electron chi connectivity index (χ1n) is 9.42. The fraction of sp³-hybridized carbons (Fsp3) is 0.435. The Balaban J connectivity index is 1.77. The lowest BCUT2D eigenvalue weighted by Crippen LogP contribution is -2.05. The van der Waals surface area contributed by atoms with E-state index in [1.54, 1.807) is 0 Å². The zero-order chi connectivity index (χ0) is 17.9. The van der Waals surface area contributed by atoms with E-state index < -0.39 is 0 Å². The molecule has 0 bridgehead atoms. The van der Waals surface area contributed by atoms with E-state index in [1.165, 1.54) is 36.6 Å². The number of carbonyl (C=O) groups is 1. The summed E-state index contributed by atoms with van der Waals surface area (Å²) in [5.74, 6) is 0.319. The predicted octanol–water partition coefficient (Wildman–Crippen LogP) is 5.70. The third-order valence-electron chi connectivity index (χ3n) is 4.89. The molecule has 2 heteroatoms. The van der Waals surface area contributed by atoms with Crippen LogP contribution >= 0.6 is 0 Å². The summed E-state index contributed by atoms with van der Waals surface area (Å²) in [4.78, 5) is 11.3. The van der Waals surface area contributed by atoms with Crippen LogP contribution in [0.4, 0.5) is 0 Å². The van der Waals surface area contributed by atoms with Gasteiger partial charge in [0.15, 0.2) is 0 Å². The molecule has 0 fully saturated rings. The van der Waals surface area contributed by atoms with Crippen molar-refractivity contribution in [3.8, 4) is 0 Å². The second-order valence-electron chi connectivity index (χ2n) is 6.65. The lowest BCUT2D eigenvalue weighted by Gasteiger charge is -2.15. The standard InChI is InChI=1S/C23H30O2/c1-3-21(17-18-23(24)25-2)22-15-13-20(14-16-22)12-8-7-11-19-9-5-4-6-10-19/h4-6,9-10,13-16,21H,3,7-8,11-12,17-18H2,1-2H3. The molecule has 0 radical (unpaired) electrons. The molecule has 134 valence electrons. The van der Waals surface area contributed by atoms with Crippen LogP contribution in [-0.4, -0.2) is 13.1 Å². The Labute approximate surface area is 152 Å². The summed E-state index contributed by atoms with van der Waals surface area (Å²) >= 11 is 0. The molecule has 2 aromatic carbocycles. The largest absolute Gasteiger partial charge is 0.469 e. The molecule has 0 aromatic heterocycles. The quantitative estimate of drug-likeness (QED) is 0.410. The van der Waals surface area contributed by atoms with Gasteiger partial charge >= 0.3 is 5.97 Å². The lowest BCUT2D eigenvalue weighted by atomic mass is 9.91. The highest BCUT2D eigenvalue weighted by atomic mass is 16.5. The number of methoxy groups -OCH3 is 1. The van der Waals surface area contributed by atoms with Crippen molar-refractivity contribution in [2.45, 2.75) is 57.8 Å². The molecule has 0 N–H and O–H groups in total. The van der Waals surface area contributed by atoms with Gasteiger partial charge in [-0.05, 0) is 61.1 Å². The van der Waals surface area contributed by atoms with Gasteiger partial charge in [-0.3, -0.25) is 4.79 Å². The predicted molar refractivity (Wildman–Crippen MR) is 104 cm³/mol. The maximum Gasteiger partial charge on any atom is 0.305 e. The van der Waals surface area contributed by atoms with Gasteiger partial charge in [-0.25, -0.2) is 0 Å². The molecule has 0 aliphatic rings. The molecule has 0 aliphatic carbocycles. The smallest absolute Gasteiger partial charge is 0.305 e. The van der Waals surface area contributed by atoms with E-state index in [1.807, 2.05) is 0 Å². The van der Waals surface area contributed by atoms with E-state index in [4.69, 9.17) is 4.74 Å². The minimum Gasteiger partial charge on any atom is -0.469 e. The van der Waals surface area contributed by atoms with Gasteiger partial charge in [0.05, 0.1) is 7.11 Å². The summed E-state index contributed by atoms with van der Waals surface area (Å²) in [6.07, 6.45) is 7.13. The van der Waals surface area contributed by atoms with Crippen LogP contribution in [0.3, 0.4) is 0 Å². The zero-order valence-corrected chi connectivity index (χ0v) is 15.5. The number of hydrogen-bond donors (Lipinski definition) is 0. The molecule has 0 heterocycles. The van der Waals surface area contributed by atoms with Gasteiger partial charge in [-0.15, -0.1) is 0 Å². The number of ether oxygens (including phenoxy) is 1. The normalized spacial score (nSPS) is 11.9. The van der Waals surface area contributed by atoms with Gasteiger partial charge in [-0.1, -0.05) is 61.5 Å². The third-order valence-corrected chi connectivity index (χ3v) is 4.89. The van der Waals surface area contributed by atoms with E-state index in [-0.39, 0.29) is 5.97 Å². The molecule has 25 heavy (non-hydrogen) atoms. The van der Waals surface area contributed by atoms with Gasteiger partial charge in [0, 0.05) is 6.42 Å². The summed E-state index contributed by atoms with van der Waals surface area (Å²) in [6.45, 7) is 2.18. The number of rotatable bonds is 10. The van der Waals surface area contributed by atoms with E-state index in [0.29, 0.717) is 12.3 Å². The molecular weight excluding hydrogens is 308 g/mol. The Morgan fingerprint density at radius 3 is 2.08 bits per heavy atom. The Kier molecular flexibility index (Phi) is 8.24. The molecular formula is C23H30O2. The summed E-state index contributed by atoms with van der Waals surface area (Å²) in [5.41, 5.74) is 4.16. The van der Waals surface area contributed by atoms with Crippen LogP contribution in [0.1, 0.15) is 61.6 Å². The average Bonchev–Trinajstić information content (AvgIpc) is 2.67. The van der Waals surface area contributed by atoms with E-state index >= 15 is 0 Å². The molecule has 2 aromatic rings. The second kappa shape index (κ2) is 10.7. The first kappa shape index (κ1) is 19.2. The van der Waals surface area contributed by atoms with Gasteiger partial charge in [0.2, 0.25) is 0 Å². The molecule has 1 unspecified atom stereocenters. The number of carbonyl (C=O) groups excluding carboxylic acids is 1. The van der Waals surface area contributed by atoms with Crippen LogP contribution in [0.5, 0.6) is 0 Å². The monoisotopic (exact) mass is 338 g/mol. The molecule has 0 spiro atoms. The van der Waals surface area contributed by atoms with Crippen molar-refractivity contribution in [2.75, 3.05) is 7.11 Å². The van der Waals surface area contributed by atoms with Crippen LogP contribution in [0, 0.1) is 0 Å². The van der Waals surface area contributed by atoms with Crippen LogP contribution in [0.2, 0.25) is 0 Å². The SMILES string of the molecule is CCC(CCC(=O)OC)c1ccc(CCCCc2ccccc2)cc1. The zero-order valence-electron chi connectivity index (χ0n) is 15.5. The van der Waals surface area contributed by atoms with Crippen molar-refractivity contribution in [1.29, 1.82) is 0 Å². The van der Waals surface area contributed by atoms with Crippen LogP contribution in [-0.2, 0) is 22.4 Å². The minimum absolute atomic E-state index is 0.117. The summed E-state index contributed by atoms with van der Waals surface area (Å²) in [5, 5.41) is 0. The van der Waals surface area contributed by atoms with Gasteiger partial charge < -0.3 is 4.74 Å². The fourth-order valence-electron chi connectivity index (χ4n) is 3.26. The topological polar surface area (TPSA) is 26.3 Å². The molecule has 2 nitrogen and oxygen atoms in total. The number of esters is 1. The van der Waals surface area contributed by atoms with E-state index in [2.05, 4.69) is 61.5 Å². The highest BCUT2D eigenvalue weighted by Crippen LogP contribution is 2.25. The van der Waals surface area contributed by atoms with E-state index in [9.17, 15) is 4.79 Å². The van der Waals surface area contributed by atoms with Gasteiger partial charge in [-0.2, -0.15) is 0 Å². The Bertz CT molecular complexity index is 616. The molecule has 1 atom stereocenters. The number of hydrogen-bond acceptors (Lipinski definition) is 2. The highest BCUT2D eigenvalue weighted by Gasteiger charge is 2.12. The Morgan fingerprint density at radius 2 is 1.52 bits per heavy atom. The molecule has 0 saturated carbocycles. The number of aryl methyl sites for hydroxylation is 2. The maximum absolute atomic E-state index is 11.3.